The Labute approximate surface area is 188 Å². The van der Waals surface area contributed by atoms with Crippen molar-refractivity contribution in [1.29, 1.82) is 0 Å². The lowest BCUT2D eigenvalue weighted by Crippen LogP contribution is -2.13. The molecule has 6 nitrogen and oxygen atoms in total. The number of aryl methyl sites for hydroxylation is 3. The summed E-state index contributed by atoms with van der Waals surface area (Å²) in [6.45, 7) is 0.953. The highest BCUT2D eigenvalue weighted by Crippen LogP contribution is 2.25. The van der Waals surface area contributed by atoms with Crippen LogP contribution in [-0.2, 0) is 30.6 Å². The second-order valence-electron chi connectivity index (χ2n) is 8.79. The smallest absolute Gasteiger partial charge is 0.224 e. The van der Waals surface area contributed by atoms with Gasteiger partial charge < -0.3 is 9.88 Å². The van der Waals surface area contributed by atoms with E-state index >= 15 is 0 Å². The number of benzene rings is 2. The Morgan fingerprint density at radius 3 is 2.56 bits per heavy atom. The molecule has 0 unspecified atom stereocenters. The minimum Gasteiger partial charge on any atom is -0.326 e. The maximum atomic E-state index is 12.5. The van der Waals surface area contributed by atoms with Crippen molar-refractivity contribution in [3.05, 3.63) is 65.0 Å². The summed E-state index contributed by atoms with van der Waals surface area (Å²) in [6.07, 6.45) is 8.22. The van der Waals surface area contributed by atoms with E-state index in [0.717, 1.165) is 73.5 Å². The summed E-state index contributed by atoms with van der Waals surface area (Å²) < 4.78 is 2.21. The number of amides is 1. The van der Waals surface area contributed by atoms with E-state index in [-0.39, 0.29) is 24.5 Å². The van der Waals surface area contributed by atoms with E-state index in [4.69, 9.17) is 0 Å². The third kappa shape index (κ3) is 4.35. The van der Waals surface area contributed by atoms with Crippen molar-refractivity contribution < 1.29 is 9.59 Å². The van der Waals surface area contributed by atoms with Crippen molar-refractivity contribution in [3.63, 3.8) is 0 Å². The van der Waals surface area contributed by atoms with Crippen LogP contribution in [0.5, 0.6) is 0 Å². The molecule has 0 spiro atoms. The van der Waals surface area contributed by atoms with Crippen molar-refractivity contribution in [3.8, 4) is 11.4 Å². The summed E-state index contributed by atoms with van der Waals surface area (Å²) in [5.74, 6) is 1.82. The van der Waals surface area contributed by atoms with Crippen LogP contribution in [0.1, 0.15) is 65.8 Å². The molecule has 3 aromatic rings. The highest BCUT2D eigenvalue weighted by Gasteiger charge is 2.17. The first kappa shape index (κ1) is 20.6. The van der Waals surface area contributed by atoms with Gasteiger partial charge in [0.05, 0.1) is 0 Å². The van der Waals surface area contributed by atoms with Gasteiger partial charge in [0.1, 0.15) is 5.82 Å². The zero-order chi connectivity index (χ0) is 21.9. The quantitative estimate of drug-likeness (QED) is 0.574. The van der Waals surface area contributed by atoms with Crippen molar-refractivity contribution in [2.24, 2.45) is 0 Å². The standard InChI is InChI=1S/C26H28N4O2/c31-23(21-9-8-18-5-4-6-20(18)17-21)14-15-25(32)27-22-12-10-19(11-13-22)26-29-28-24-7-2-1-3-16-30(24)26/h8-13,17H,1-7,14-16H2,(H,27,32). The second-order valence-corrected chi connectivity index (χ2v) is 8.79. The van der Waals surface area contributed by atoms with E-state index in [0.29, 0.717) is 0 Å². The first-order valence-electron chi connectivity index (χ1n) is 11.6. The van der Waals surface area contributed by atoms with E-state index < -0.39 is 0 Å². The third-order valence-electron chi connectivity index (χ3n) is 6.54. The Morgan fingerprint density at radius 2 is 1.69 bits per heavy atom. The molecule has 6 heteroatoms. The predicted octanol–water partition coefficient (Wildman–Crippen LogP) is 4.76. The zero-order valence-corrected chi connectivity index (χ0v) is 18.3. The maximum absolute atomic E-state index is 12.5. The number of nitrogens with zero attached hydrogens (tertiary/aromatic N) is 3. The van der Waals surface area contributed by atoms with Gasteiger partial charge in [0, 0.05) is 42.6 Å². The minimum atomic E-state index is -0.149. The first-order chi connectivity index (χ1) is 15.7. The molecule has 0 radical (unpaired) electrons. The summed E-state index contributed by atoms with van der Waals surface area (Å²) in [5, 5.41) is 11.6. The van der Waals surface area contributed by atoms with Crippen LogP contribution >= 0.6 is 0 Å². The van der Waals surface area contributed by atoms with Crippen LogP contribution in [0.25, 0.3) is 11.4 Å². The topological polar surface area (TPSA) is 76.9 Å². The average molecular weight is 429 g/mol. The Hall–Kier alpha value is -3.28. The van der Waals surface area contributed by atoms with Gasteiger partial charge in [-0.1, -0.05) is 18.6 Å². The molecule has 0 saturated heterocycles. The number of carbonyl (C=O) groups excluding carboxylic acids is 2. The normalized spacial score (nSPS) is 15.0. The summed E-state index contributed by atoms with van der Waals surface area (Å²) in [7, 11) is 0. The molecule has 1 aliphatic heterocycles. The fourth-order valence-electron chi connectivity index (χ4n) is 4.74. The van der Waals surface area contributed by atoms with Gasteiger partial charge in [0.15, 0.2) is 11.6 Å². The van der Waals surface area contributed by atoms with E-state index in [1.165, 1.54) is 17.5 Å². The summed E-state index contributed by atoms with van der Waals surface area (Å²) >= 11 is 0. The monoisotopic (exact) mass is 428 g/mol. The number of Topliss-reactive ketones (excluding diaryl/α,β-unsaturated/α-hetero) is 1. The molecular weight excluding hydrogens is 400 g/mol. The molecule has 2 aromatic carbocycles. The number of anilines is 1. The van der Waals surface area contributed by atoms with Gasteiger partial charge in [-0.25, -0.2) is 0 Å². The molecule has 1 N–H and O–H groups in total. The number of nitrogens with one attached hydrogen (secondary N) is 1. The molecule has 0 bridgehead atoms. The lowest BCUT2D eigenvalue weighted by molar-refractivity contribution is -0.116. The molecule has 2 aliphatic rings. The lowest BCUT2D eigenvalue weighted by atomic mass is 10.0. The van der Waals surface area contributed by atoms with Crippen molar-refractivity contribution in [1.82, 2.24) is 14.8 Å². The fourth-order valence-corrected chi connectivity index (χ4v) is 4.74. The molecule has 32 heavy (non-hydrogen) atoms. The Kier molecular flexibility index (Phi) is 5.84. The Balaban J connectivity index is 1.17. The number of rotatable bonds is 6. The minimum absolute atomic E-state index is 0.0256. The molecular formula is C26H28N4O2. The molecule has 1 aliphatic carbocycles. The number of hydrogen-bond acceptors (Lipinski definition) is 4. The molecule has 1 aromatic heterocycles. The molecule has 1 amide bonds. The number of ketones is 1. The van der Waals surface area contributed by atoms with E-state index in [9.17, 15) is 9.59 Å². The van der Waals surface area contributed by atoms with Crippen LogP contribution in [0.2, 0.25) is 0 Å². The van der Waals surface area contributed by atoms with Gasteiger partial charge in [-0.15, -0.1) is 10.2 Å². The summed E-state index contributed by atoms with van der Waals surface area (Å²) in [4.78, 5) is 24.9. The number of fused-ring (bicyclic) bond motifs is 2. The van der Waals surface area contributed by atoms with Gasteiger partial charge in [-0.2, -0.15) is 0 Å². The van der Waals surface area contributed by atoms with Gasteiger partial charge in [0.25, 0.3) is 0 Å². The van der Waals surface area contributed by atoms with Crippen molar-refractivity contribution in [2.45, 2.75) is 64.3 Å². The molecule has 0 fully saturated rings. The van der Waals surface area contributed by atoms with Crippen LogP contribution < -0.4 is 5.32 Å². The zero-order valence-electron chi connectivity index (χ0n) is 18.3. The van der Waals surface area contributed by atoms with E-state index in [1.54, 1.807) is 0 Å². The number of carbonyl (C=O) groups is 2. The van der Waals surface area contributed by atoms with Crippen LogP contribution in [0.15, 0.2) is 42.5 Å². The van der Waals surface area contributed by atoms with E-state index in [2.05, 4.69) is 26.1 Å². The molecule has 0 atom stereocenters. The molecule has 164 valence electrons. The SMILES string of the molecule is O=C(CCC(=O)c1ccc2c(c1)CCC2)Nc1ccc(-c2nnc3n2CCCCC3)cc1. The van der Waals surface area contributed by atoms with E-state index in [1.807, 2.05) is 36.4 Å². The van der Waals surface area contributed by atoms with Crippen LogP contribution in [-0.4, -0.2) is 26.5 Å². The molecule has 5 rings (SSSR count). The van der Waals surface area contributed by atoms with Crippen molar-refractivity contribution in [2.75, 3.05) is 5.32 Å². The lowest BCUT2D eigenvalue weighted by Gasteiger charge is -2.09. The van der Waals surface area contributed by atoms with Gasteiger partial charge >= 0.3 is 0 Å². The first-order valence-corrected chi connectivity index (χ1v) is 11.6. The predicted molar refractivity (Wildman–Crippen MR) is 124 cm³/mol. The largest absolute Gasteiger partial charge is 0.326 e. The van der Waals surface area contributed by atoms with Crippen molar-refractivity contribution >= 4 is 17.4 Å². The fraction of sp³-hybridized carbons (Fsp3) is 0.385. The summed E-state index contributed by atoms with van der Waals surface area (Å²) in [5.41, 5.74) is 5.07. The third-order valence-corrected chi connectivity index (χ3v) is 6.54. The second kappa shape index (κ2) is 9.07. The van der Waals surface area contributed by atoms with Gasteiger partial charge in [0.2, 0.25) is 5.91 Å². The van der Waals surface area contributed by atoms with Crippen LogP contribution in [0.3, 0.4) is 0 Å². The number of aromatic nitrogens is 3. The highest BCUT2D eigenvalue weighted by atomic mass is 16.2. The Morgan fingerprint density at radius 1 is 0.844 bits per heavy atom. The molecule has 0 saturated carbocycles. The maximum Gasteiger partial charge on any atom is 0.224 e. The van der Waals surface area contributed by atoms with Crippen LogP contribution in [0.4, 0.5) is 5.69 Å². The van der Waals surface area contributed by atoms with Crippen LogP contribution in [0, 0.1) is 0 Å². The average Bonchev–Trinajstić information content (AvgIpc) is 3.38. The highest BCUT2D eigenvalue weighted by molar-refractivity contribution is 6.00. The molecule has 2 heterocycles. The Bertz CT molecular complexity index is 1150. The van der Waals surface area contributed by atoms with Gasteiger partial charge in [-0.05, 0) is 73.6 Å². The number of hydrogen-bond donors (Lipinski definition) is 1. The summed E-state index contributed by atoms with van der Waals surface area (Å²) in [6, 6.07) is 13.7. The van der Waals surface area contributed by atoms with Gasteiger partial charge in [-0.3, -0.25) is 9.59 Å².